The molecule has 0 saturated heterocycles. The summed E-state index contributed by atoms with van der Waals surface area (Å²) < 4.78 is 1.07. The number of anilines is 1. The summed E-state index contributed by atoms with van der Waals surface area (Å²) in [6.07, 6.45) is 0. The summed E-state index contributed by atoms with van der Waals surface area (Å²) in [5.74, 6) is 6.28. The van der Waals surface area contributed by atoms with Gasteiger partial charge in [-0.25, -0.2) is 9.66 Å². The van der Waals surface area contributed by atoms with Crippen LogP contribution in [0.5, 0.6) is 0 Å². The van der Waals surface area contributed by atoms with Gasteiger partial charge in [0.15, 0.2) is 5.82 Å². The molecule has 1 heterocycles. The zero-order valence-corrected chi connectivity index (χ0v) is 11.8. The van der Waals surface area contributed by atoms with Gasteiger partial charge in [-0.1, -0.05) is 23.7 Å². The Labute approximate surface area is 126 Å². The first kappa shape index (κ1) is 13.5. The van der Waals surface area contributed by atoms with Crippen molar-refractivity contribution in [3.05, 3.63) is 69.7 Å². The van der Waals surface area contributed by atoms with Gasteiger partial charge in [0.05, 0.1) is 17.4 Å². The van der Waals surface area contributed by atoms with Gasteiger partial charge in [0, 0.05) is 10.7 Å². The predicted octanol–water partition coefficient (Wildman–Crippen LogP) is 2.38. The van der Waals surface area contributed by atoms with Gasteiger partial charge in [-0.15, -0.1) is 0 Å². The smallest absolute Gasteiger partial charge is 0.279 e. The van der Waals surface area contributed by atoms with Gasteiger partial charge in [0.25, 0.3) is 5.56 Å². The fourth-order valence-electron chi connectivity index (χ4n) is 2.07. The Morgan fingerprint density at radius 3 is 2.62 bits per heavy atom. The number of rotatable bonds is 3. The lowest BCUT2D eigenvalue weighted by Gasteiger charge is -2.10. The van der Waals surface area contributed by atoms with Crippen molar-refractivity contribution in [3.63, 3.8) is 0 Å². The molecule has 0 atom stereocenters. The van der Waals surface area contributed by atoms with Crippen molar-refractivity contribution in [3.8, 4) is 0 Å². The molecule has 0 aliphatic carbocycles. The molecule has 106 valence electrons. The Morgan fingerprint density at radius 2 is 1.86 bits per heavy atom. The van der Waals surface area contributed by atoms with Crippen molar-refractivity contribution in [2.75, 3.05) is 11.2 Å². The van der Waals surface area contributed by atoms with E-state index in [1.807, 2.05) is 18.2 Å². The molecule has 0 bridgehead atoms. The van der Waals surface area contributed by atoms with E-state index in [1.54, 1.807) is 30.3 Å². The van der Waals surface area contributed by atoms with E-state index in [-0.39, 0.29) is 5.56 Å². The first-order valence-electron chi connectivity index (χ1n) is 6.40. The lowest BCUT2D eigenvalue weighted by Crippen LogP contribution is -2.32. The van der Waals surface area contributed by atoms with Crippen LogP contribution >= 0.6 is 11.6 Å². The third kappa shape index (κ3) is 2.68. The Balaban J connectivity index is 1.92. The maximum atomic E-state index is 12.2. The minimum atomic E-state index is -0.256. The Bertz CT molecular complexity index is 842. The largest absolute Gasteiger partial charge is 0.378 e. The van der Waals surface area contributed by atoms with Gasteiger partial charge in [0.2, 0.25) is 0 Å². The average molecular weight is 301 g/mol. The number of fused-ring (bicyclic) bond motifs is 1. The topological polar surface area (TPSA) is 72.9 Å². The highest BCUT2D eigenvalue weighted by Gasteiger charge is 2.08. The second kappa shape index (κ2) is 5.46. The van der Waals surface area contributed by atoms with Gasteiger partial charge in [-0.05, 0) is 36.4 Å². The fraction of sp³-hybridized carbons (Fsp3) is 0.0667. The summed E-state index contributed by atoms with van der Waals surface area (Å²) in [5, 5.41) is 4.34. The lowest BCUT2D eigenvalue weighted by atomic mass is 10.2. The molecular formula is C15H13ClN4O. The van der Waals surface area contributed by atoms with Crippen LogP contribution in [-0.4, -0.2) is 9.66 Å². The van der Waals surface area contributed by atoms with Crippen molar-refractivity contribution < 1.29 is 0 Å². The average Bonchev–Trinajstić information content (AvgIpc) is 2.51. The molecule has 6 heteroatoms. The van der Waals surface area contributed by atoms with Crippen molar-refractivity contribution >= 4 is 28.2 Å². The van der Waals surface area contributed by atoms with E-state index in [9.17, 15) is 4.79 Å². The summed E-state index contributed by atoms with van der Waals surface area (Å²) in [6.45, 7) is 0.345. The van der Waals surface area contributed by atoms with Gasteiger partial charge >= 0.3 is 0 Å². The van der Waals surface area contributed by atoms with E-state index in [0.29, 0.717) is 28.3 Å². The number of halogens is 1. The SMILES string of the molecule is Nn1c(CNc2ccc(Cl)cc2)nc2ccccc2c1=O. The molecule has 1 aromatic heterocycles. The van der Waals surface area contributed by atoms with E-state index < -0.39 is 0 Å². The molecule has 0 spiro atoms. The van der Waals surface area contributed by atoms with Crippen LogP contribution in [0.2, 0.25) is 5.02 Å². The summed E-state index contributed by atoms with van der Waals surface area (Å²) in [6, 6.07) is 14.4. The van der Waals surface area contributed by atoms with Crippen LogP contribution in [-0.2, 0) is 6.54 Å². The monoisotopic (exact) mass is 300 g/mol. The van der Waals surface area contributed by atoms with Gasteiger partial charge in [-0.3, -0.25) is 4.79 Å². The quantitative estimate of drug-likeness (QED) is 0.728. The van der Waals surface area contributed by atoms with Crippen LogP contribution in [0.25, 0.3) is 10.9 Å². The Kier molecular flexibility index (Phi) is 3.50. The zero-order valence-electron chi connectivity index (χ0n) is 11.1. The van der Waals surface area contributed by atoms with E-state index in [4.69, 9.17) is 17.4 Å². The van der Waals surface area contributed by atoms with E-state index >= 15 is 0 Å². The third-order valence-corrected chi connectivity index (χ3v) is 3.43. The standard InChI is InChI=1S/C15H13ClN4O/c16-10-5-7-11(8-6-10)18-9-14-19-13-4-2-1-3-12(13)15(21)20(14)17/h1-8,18H,9,17H2. The number of nitrogens with zero attached hydrogens (tertiary/aromatic N) is 2. The van der Waals surface area contributed by atoms with E-state index in [1.165, 1.54) is 0 Å². The minimum absolute atomic E-state index is 0.256. The molecule has 5 nitrogen and oxygen atoms in total. The lowest BCUT2D eigenvalue weighted by molar-refractivity contribution is 0.805. The van der Waals surface area contributed by atoms with Crippen molar-refractivity contribution in [2.24, 2.45) is 0 Å². The second-order valence-corrected chi connectivity index (χ2v) is 5.02. The van der Waals surface area contributed by atoms with Crippen molar-refractivity contribution in [1.82, 2.24) is 9.66 Å². The van der Waals surface area contributed by atoms with Crippen LogP contribution in [0, 0.1) is 0 Å². The normalized spacial score (nSPS) is 10.7. The second-order valence-electron chi connectivity index (χ2n) is 4.58. The minimum Gasteiger partial charge on any atom is -0.378 e. The predicted molar refractivity (Wildman–Crippen MR) is 84.9 cm³/mol. The fourth-order valence-corrected chi connectivity index (χ4v) is 2.19. The number of hydrogen-bond donors (Lipinski definition) is 2. The number of nitrogen functional groups attached to an aromatic ring is 1. The molecule has 0 amide bonds. The van der Waals surface area contributed by atoms with Crippen LogP contribution in [0.3, 0.4) is 0 Å². The van der Waals surface area contributed by atoms with Crippen LogP contribution in [0.1, 0.15) is 5.82 Å². The highest BCUT2D eigenvalue weighted by molar-refractivity contribution is 6.30. The molecule has 0 fully saturated rings. The number of para-hydroxylation sites is 1. The number of nitrogens with two attached hydrogens (primary N) is 1. The molecule has 3 rings (SSSR count). The summed E-state index contributed by atoms with van der Waals surface area (Å²) in [7, 11) is 0. The molecule has 0 unspecified atom stereocenters. The molecular weight excluding hydrogens is 288 g/mol. The molecule has 3 N–H and O–H groups in total. The molecule has 0 saturated carbocycles. The van der Waals surface area contributed by atoms with E-state index in [0.717, 1.165) is 10.4 Å². The Morgan fingerprint density at radius 1 is 1.14 bits per heavy atom. The van der Waals surface area contributed by atoms with Crippen LogP contribution in [0.15, 0.2) is 53.3 Å². The van der Waals surface area contributed by atoms with Gasteiger partial charge < -0.3 is 11.2 Å². The highest BCUT2D eigenvalue weighted by atomic mass is 35.5. The van der Waals surface area contributed by atoms with Gasteiger partial charge in [0.1, 0.15) is 0 Å². The molecule has 21 heavy (non-hydrogen) atoms. The van der Waals surface area contributed by atoms with Crippen molar-refractivity contribution in [1.29, 1.82) is 0 Å². The number of nitrogens with one attached hydrogen (secondary N) is 1. The summed E-state index contributed by atoms with van der Waals surface area (Å²) >= 11 is 5.83. The van der Waals surface area contributed by atoms with Crippen LogP contribution in [0.4, 0.5) is 5.69 Å². The summed E-state index contributed by atoms with van der Waals surface area (Å²) in [5.41, 5.74) is 1.26. The maximum absolute atomic E-state index is 12.2. The highest BCUT2D eigenvalue weighted by Crippen LogP contribution is 2.14. The molecule has 0 aliphatic rings. The maximum Gasteiger partial charge on any atom is 0.279 e. The number of benzene rings is 2. The third-order valence-electron chi connectivity index (χ3n) is 3.18. The Hall–Kier alpha value is -2.53. The summed E-state index contributed by atoms with van der Waals surface area (Å²) in [4.78, 5) is 16.6. The molecule has 2 aromatic carbocycles. The number of hydrogen-bond acceptors (Lipinski definition) is 4. The number of aromatic nitrogens is 2. The molecule has 0 radical (unpaired) electrons. The van der Waals surface area contributed by atoms with Crippen LogP contribution < -0.4 is 16.7 Å². The molecule has 0 aliphatic heterocycles. The van der Waals surface area contributed by atoms with Gasteiger partial charge in [-0.2, -0.15) is 0 Å². The van der Waals surface area contributed by atoms with Crippen molar-refractivity contribution in [2.45, 2.75) is 6.54 Å². The first-order chi connectivity index (χ1) is 10.1. The zero-order chi connectivity index (χ0) is 14.8. The van der Waals surface area contributed by atoms with E-state index in [2.05, 4.69) is 10.3 Å². The first-order valence-corrected chi connectivity index (χ1v) is 6.78. The molecule has 3 aromatic rings.